The molecule has 1 saturated heterocycles. The van der Waals surface area contributed by atoms with Crippen molar-refractivity contribution in [2.24, 2.45) is 11.0 Å². The molecule has 1 heterocycles. The van der Waals surface area contributed by atoms with Gasteiger partial charge in [0.2, 0.25) is 0 Å². The SMILES string of the molecule is Cl.[N-]=[N+]=NCC1CCNCC1. The van der Waals surface area contributed by atoms with Crippen molar-refractivity contribution in [3.63, 3.8) is 0 Å². The van der Waals surface area contributed by atoms with Gasteiger partial charge in [-0.25, -0.2) is 0 Å². The lowest BCUT2D eigenvalue weighted by Gasteiger charge is -2.20. The van der Waals surface area contributed by atoms with Gasteiger partial charge in [-0.15, -0.1) is 12.4 Å². The number of piperidine rings is 1. The molecule has 0 spiro atoms. The number of nitrogens with zero attached hydrogens (tertiary/aromatic N) is 3. The van der Waals surface area contributed by atoms with Crippen LogP contribution < -0.4 is 5.32 Å². The normalized spacial score (nSPS) is 18.2. The Balaban J connectivity index is 0.000001000. The highest BCUT2D eigenvalue weighted by Gasteiger charge is 2.10. The zero-order chi connectivity index (χ0) is 7.23. The number of hydrogen-bond acceptors (Lipinski definition) is 2. The van der Waals surface area contributed by atoms with Gasteiger partial charge in [0.05, 0.1) is 0 Å². The van der Waals surface area contributed by atoms with Crippen LogP contribution in [0.3, 0.4) is 0 Å². The summed E-state index contributed by atoms with van der Waals surface area (Å²) in [5, 5.41) is 6.80. The Bertz CT molecular complexity index is 138. The highest BCUT2D eigenvalue weighted by atomic mass is 35.5. The second kappa shape index (κ2) is 6.28. The summed E-state index contributed by atoms with van der Waals surface area (Å²) in [4.78, 5) is 2.73. The molecule has 0 aromatic carbocycles. The summed E-state index contributed by atoms with van der Waals surface area (Å²) < 4.78 is 0. The minimum Gasteiger partial charge on any atom is -0.317 e. The van der Waals surface area contributed by atoms with Gasteiger partial charge in [-0.05, 0) is 37.4 Å². The molecule has 5 heteroatoms. The molecule has 0 aliphatic carbocycles. The fraction of sp³-hybridized carbons (Fsp3) is 1.00. The number of hydrogen-bond donors (Lipinski definition) is 1. The zero-order valence-corrected chi connectivity index (χ0v) is 7.18. The van der Waals surface area contributed by atoms with Crippen LogP contribution >= 0.6 is 12.4 Å². The van der Waals surface area contributed by atoms with E-state index in [-0.39, 0.29) is 12.4 Å². The molecule has 0 unspecified atom stereocenters. The van der Waals surface area contributed by atoms with Gasteiger partial charge in [-0.3, -0.25) is 0 Å². The third-order valence-electron chi connectivity index (χ3n) is 1.86. The van der Waals surface area contributed by atoms with E-state index in [1.54, 1.807) is 0 Å². The first-order valence-corrected chi connectivity index (χ1v) is 3.65. The zero-order valence-electron chi connectivity index (χ0n) is 6.36. The lowest BCUT2D eigenvalue weighted by Crippen LogP contribution is -2.28. The molecule has 1 fully saturated rings. The predicted octanol–water partition coefficient (Wildman–Crippen LogP) is 1.72. The summed E-state index contributed by atoms with van der Waals surface area (Å²) in [5.41, 5.74) is 8.04. The Labute approximate surface area is 72.4 Å². The van der Waals surface area contributed by atoms with Crippen molar-refractivity contribution < 1.29 is 0 Å². The van der Waals surface area contributed by atoms with E-state index < -0.39 is 0 Å². The van der Waals surface area contributed by atoms with Crippen molar-refractivity contribution in [1.29, 1.82) is 0 Å². The molecule has 0 bridgehead atoms. The maximum Gasteiger partial charge on any atom is 0.0287 e. The van der Waals surface area contributed by atoms with Crippen molar-refractivity contribution in [2.45, 2.75) is 12.8 Å². The van der Waals surface area contributed by atoms with Crippen molar-refractivity contribution in [1.82, 2.24) is 5.32 Å². The van der Waals surface area contributed by atoms with Gasteiger partial charge in [0, 0.05) is 11.5 Å². The van der Waals surface area contributed by atoms with E-state index in [0.29, 0.717) is 12.5 Å². The molecule has 64 valence electrons. The molecule has 0 radical (unpaired) electrons. The highest BCUT2D eigenvalue weighted by molar-refractivity contribution is 5.85. The fourth-order valence-corrected chi connectivity index (χ4v) is 1.22. The Morgan fingerprint density at radius 1 is 1.45 bits per heavy atom. The third-order valence-corrected chi connectivity index (χ3v) is 1.86. The summed E-state index contributed by atoms with van der Waals surface area (Å²) in [6.45, 7) is 2.83. The summed E-state index contributed by atoms with van der Waals surface area (Å²) >= 11 is 0. The van der Waals surface area contributed by atoms with Gasteiger partial charge in [-0.1, -0.05) is 5.11 Å². The molecule has 4 nitrogen and oxygen atoms in total. The lowest BCUT2D eigenvalue weighted by molar-refractivity contribution is 0.382. The lowest BCUT2D eigenvalue weighted by atomic mass is 9.99. The maximum atomic E-state index is 8.04. The minimum atomic E-state index is 0. The Kier molecular flexibility index (Phi) is 6.03. The van der Waals surface area contributed by atoms with E-state index in [9.17, 15) is 0 Å². The predicted molar refractivity (Wildman–Crippen MR) is 46.9 cm³/mol. The molecular weight excluding hydrogens is 164 g/mol. The molecular formula is C6H13ClN4. The van der Waals surface area contributed by atoms with E-state index in [0.717, 1.165) is 25.9 Å². The van der Waals surface area contributed by atoms with E-state index in [2.05, 4.69) is 15.3 Å². The van der Waals surface area contributed by atoms with Crippen LogP contribution in [0, 0.1) is 5.92 Å². The molecule has 0 aromatic rings. The molecule has 1 N–H and O–H groups in total. The van der Waals surface area contributed by atoms with Crippen molar-refractivity contribution >= 4 is 12.4 Å². The summed E-state index contributed by atoms with van der Waals surface area (Å²) in [6, 6.07) is 0. The van der Waals surface area contributed by atoms with Crippen molar-refractivity contribution in [3.8, 4) is 0 Å². The van der Waals surface area contributed by atoms with E-state index in [4.69, 9.17) is 5.53 Å². The van der Waals surface area contributed by atoms with Gasteiger partial charge in [0.1, 0.15) is 0 Å². The van der Waals surface area contributed by atoms with Crippen LogP contribution in [0.2, 0.25) is 0 Å². The third kappa shape index (κ3) is 4.09. The van der Waals surface area contributed by atoms with Gasteiger partial charge >= 0.3 is 0 Å². The Morgan fingerprint density at radius 3 is 2.64 bits per heavy atom. The van der Waals surface area contributed by atoms with Crippen LogP contribution in [0.25, 0.3) is 10.4 Å². The largest absolute Gasteiger partial charge is 0.317 e. The average molecular weight is 177 g/mol. The van der Waals surface area contributed by atoms with E-state index >= 15 is 0 Å². The quantitative estimate of drug-likeness (QED) is 0.389. The van der Waals surface area contributed by atoms with Crippen molar-refractivity contribution in [2.75, 3.05) is 19.6 Å². The molecule has 11 heavy (non-hydrogen) atoms. The van der Waals surface area contributed by atoms with E-state index in [1.807, 2.05) is 0 Å². The Hall–Kier alpha value is -0.440. The number of halogens is 1. The van der Waals surface area contributed by atoms with Crippen LogP contribution in [0.1, 0.15) is 12.8 Å². The monoisotopic (exact) mass is 176 g/mol. The van der Waals surface area contributed by atoms with Crippen LogP contribution in [-0.4, -0.2) is 19.6 Å². The first-order valence-electron chi connectivity index (χ1n) is 3.65. The molecule has 0 atom stereocenters. The number of rotatable bonds is 2. The minimum absolute atomic E-state index is 0. The fourth-order valence-electron chi connectivity index (χ4n) is 1.22. The average Bonchev–Trinajstić information content (AvgIpc) is 2.03. The summed E-state index contributed by atoms with van der Waals surface area (Å²) in [6.07, 6.45) is 2.30. The first kappa shape index (κ1) is 10.6. The smallest absolute Gasteiger partial charge is 0.0287 e. The van der Waals surface area contributed by atoms with E-state index in [1.165, 1.54) is 0 Å². The van der Waals surface area contributed by atoms with Crippen LogP contribution in [0.4, 0.5) is 0 Å². The standard InChI is InChI=1S/C6H12N4.ClH/c7-10-9-5-6-1-3-8-4-2-6;/h6,8H,1-5H2;1H. The topological polar surface area (TPSA) is 60.8 Å². The summed E-state index contributed by atoms with van der Waals surface area (Å²) in [7, 11) is 0. The number of nitrogens with one attached hydrogen (secondary N) is 1. The second-order valence-electron chi connectivity index (χ2n) is 2.61. The maximum absolute atomic E-state index is 8.04. The van der Waals surface area contributed by atoms with Crippen LogP contribution in [0.5, 0.6) is 0 Å². The van der Waals surface area contributed by atoms with Crippen LogP contribution in [-0.2, 0) is 0 Å². The highest BCUT2D eigenvalue weighted by Crippen LogP contribution is 2.11. The molecule has 0 amide bonds. The van der Waals surface area contributed by atoms with Gasteiger partial charge in [-0.2, -0.15) is 0 Å². The molecule has 0 saturated carbocycles. The van der Waals surface area contributed by atoms with Crippen LogP contribution in [0.15, 0.2) is 5.11 Å². The second-order valence-corrected chi connectivity index (χ2v) is 2.61. The molecule has 1 rings (SSSR count). The molecule has 1 aliphatic heterocycles. The molecule has 1 aliphatic rings. The Morgan fingerprint density at radius 2 is 2.09 bits per heavy atom. The number of azide groups is 1. The molecule has 0 aromatic heterocycles. The summed E-state index contributed by atoms with van der Waals surface area (Å²) in [5.74, 6) is 0.622. The first-order chi connectivity index (χ1) is 4.93. The van der Waals surface area contributed by atoms with Gasteiger partial charge in [0.15, 0.2) is 0 Å². The van der Waals surface area contributed by atoms with Gasteiger partial charge < -0.3 is 5.32 Å². The van der Waals surface area contributed by atoms with Gasteiger partial charge in [0.25, 0.3) is 0 Å². The van der Waals surface area contributed by atoms with Crippen molar-refractivity contribution in [3.05, 3.63) is 10.4 Å².